The van der Waals surface area contributed by atoms with E-state index in [0.29, 0.717) is 27.2 Å². The summed E-state index contributed by atoms with van der Waals surface area (Å²) < 4.78 is 5.69. The second kappa shape index (κ2) is 9.55. The number of rotatable bonds is 5. The molecule has 9 heteroatoms. The molecule has 31 heavy (non-hydrogen) atoms. The van der Waals surface area contributed by atoms with E-state index in [1.165, 1.54) is 11.8 Å². The fraction of sp³-hybridized carbons (Fsp3) is 0.0455. The Morgan fingerprint density at radius 2 is 1.77 bits per heavy atom. The molecule has 0 saturated heterocycles. The number of thioether (sulfide) groups is 1. The fourth-order valence-electron chi connectivity index (χ4n) is 2.72. The van der Waals surface area contributed by atoms with Crippen LogP contribution < -0.4 is 16.2 Å². The maximum absolute atomic E-state index is 12.2. The van der Waals surface area contributed by atoms with Gasteiger partial charge in [0.1, 0.15) is 5.52 Å². The quantitative estimate of drug-likeness (QED) is 0.284. The molecule has 0 bridgehead atoms. The molecule has 0 saturated carbocycles. The molecule has 1 heterocycles. The molecule has 3 aromatic carbocycles. The lowest BCUT2D eigenvalue weighted by molar-refractivity contribution is 0.0938. The van der Waals surface area contributed by atoms with E-state index in [-0.39, 0.29) is 0 Å². The van der Waals surface area contributed by atoms with Crippen molar-refractivity contribution in [3.63, 3.8) is 0 Å². The number of para-hydroxylation sites is 2. The van der Waals surface area contributed by atoms with E-state index in [0.717, 1.165) is 16.7 Å². The number of oxazole rings is 1. The van der Waals surface area contributed by atoms with Crippen LogP contribution >= 0.6 is 23.4 Å². The fourth-order valence-corrected chi connectivity index (χ4v) is 3.71. The summed E-state index contributed by atoms with van der Waals surface area (Å²) in [6, 6.07) is 20.8. The van der Waals surface area contributed by atoms with Gasteiger partial charge in [0.05, 0.1) is 0 Å². The summed E-state index contributed by atoms with van der Waals surface area (Å²) in [5.74, 6) is 0.217. The highest BCUT2D eigenvalue weighted by atomic mass is 35.5. The van der Waals surface area contributed by atoms with E-state index in [1.54, 1.807) is 36.4 Å². The van der Waals surface area contributed by atoms with Gasteiger partial charge in [-0.25, -0.2) is 15.2 Å². The van der Waals surface area contributed by atoms with Crippen LogP contribution in [0.25, 0.3) is 11.1 Å². The number of hydrazine groups is 1. The molecule has 0 aliphatic heterocycles. The zero-order chi connectivity index (χ0) is 21.6. The average Bonchev–Trinajstić information content (AvgIpc) is 3.19. The first kappa shape index (κ1) is 20.8. The molecule has 0 atom stereocenters. The summed E-state index contributed by atoms with van der Waals surface area (Å²) >= 11 is 7.35. The van der Waals surface area contributed by atoms with Crippen LogP contribution in [0.1, 0.15) is 15.9 Å². The number of benzene rings is 3. The van der Waals surface area contributed by atoms with Gasteiger partial charge in [-0.3, -0.25) is 10.2 Å². The molecule has 0 aliphatic carbocycles. The Morgan fingerprint density at radius 1 is 0.968 bits per heavy atom. The second-order valence-corrected chi connectivity index (χ2v) is 7.84. The summed E-state index contributed by atoms with van der Waals surface area (Å²) in [4.78, 5) is 28.6. The van der Waals surface area contributed by atoms with Gasteiger partial charge in [0.15, 0.2) is 5.58 Å². The molecule has 3 amide bonds. The Morgan fingerprint density at radius 3 is 2.55 bits per heavy atom. The largest absolute Gasteiger partial charge is 0.431 e. The number of carbonyl (C=O) groups is 2. The zero-order valence-electron chi connectivity index (χ0n) is 16.1. The lowest BCUT2D eigenvalue weighted by atomic mass is 10.1. The number of amides is 3. The standard InChI is InChI=1S/C22H17ClN4O3S/c23-16-4-3-5-17(12-16)24-21(29)27-26-20(28)15-10-8-14(9-11-15)13-31-22-25-18-6-1-2-7-19(18)30-22/h1-12H,13H2,(H,26,28)(H2,24,27,29). The van der Waals surface area contributed by atoms with Crippen molar-refractivity contribution >= 4 is 52.1 Å². The van der Waals surface area contributed by atoms with E-state index >= 15 is 0 Å². The molecule has 156 valence electrons. The van der Waals surface area contributed by atoms with Crippen LogP contribution in [-0.2, 0) is 5.75 Å². The maximum atomic E-state index is 12.2. The minimum Gasteiger partial charge on any atom is -0.431 e. The highest BCUT2D eigenvalue weighted by Gasteiger charge is 2.09. The molecule has 0 unspecified atom stereocenters. The molecule has 0 aliphatic rings. The Balaban J connectivity index is 1.27. The van der Waals surface area contributed by atoms with Gasteiger partial charge in [-0.05, 0) is 48.0 Å². The smallest absolute Gasteiger partial charge is 0.337 e. The Kier molecular flexibility index (Phi) is 6.40. The first-order valence-corrected chi connectivity index (χ1v) is 10.6. The molecular weight excluding hydrogens is 436 g/mol. The third-order valence-electron chi connectivity index (χ3n) is 4.22. The summed E-state index contributed by atoms with van der Waals surface area (Å²) in [6.45, 7) is 0. The van der Waals surface area contributed by atoms with Gasteiger partial charge >= 0.3 is 6.03 Å². The molecule has 4 rings (SSSR count). The molecule has 7 nitrogen and oxygen atoms in total. The van der Waals surface area contributed by atoms with Crippen molar-refractivity contribution in [1.82, 2.24) is 15.8 Å². The van der Waals surface area contributed by atoms with Crippen molar-refractivity contribution in [1.29, 1.82) is 0 Å². The van der Waals surface area contributed by atoms with E-state index in [9.17, 15) is 9.59 Å². The van der Waals surface area contributed by atoms with Crippen molar-refractivity contribution < 1.29 is 14.0 Å². The molecule has 0 fully saturated rings. The van der Waals surface area contributed by atoms with E-state index < -0.39 is 11.9 Å². The molecule has 1 aromatic heterocycles. The number of anilines is 1. The number of hydrogen-bond acceptors (Lipinski definition) is 5. The number of fused-ring (bicyclic) bond motifs is 1. The van der Waals surface area contributed by atoms with Crippen LogP contribution in [0.4, 0.5) is 10.5 Å². The van der Waals surface area contributed by atoms with Gasteiger partial charge in [0.25, 0.3) is 11.1 Å². The van der Waals surface area contributed by atoms with Crippen LogP contribution in [-0.4, -0.2) is 16.9 Å². The third kappa shape index (κ3) is 5.56. The van der Waals surface area contributed by atoms with Gasteiger partial charge in [-0.15, -0.1) is 0 Å². The van der Waals surface area contributed by atoms with Crippen LogP contribution in [0, 0.1) is 0 Å². The number of urea groups is 1. The number of halogens is 1. The second-order valence-electron chi connectivity index (χ2n) is 6.48. The summed E-state index contributed by atoms with van der Waals surface area (Å²) in [5.41, 5.74) is 8.18. The van der Waals surface area contributed by atoms with E-state index in [1.807, 2.05) is 36.4 Å². The number of aromatic nitrogens is 1. The Labute approximate surface area is 187 Å². The van der Waals surface area contributed by atoms with Crippen LogP contribution in [0.2, 0.25) is 5.02 Å². The summed E-state index contributed by atoms with van der Waals surface area (Å²) in [7, 11) is 0. The molecule has 4 aromatic rings. The summed E-state index contributed by atoms with van der Waals surface area (Å²) in [5, 5.41) is 3.67. The Hall–Kier alpha value is -3.49. The maximum Gasteiger partial charge on any atom is 0.337 e. The SMILES string of the molecule is O=C(NNC(=O)c1ccc(CSc2nc3ccccc3o2)cc1)Nc1cccc(Cl)c1. The third-order valence-corrected chi connectivity index (χ3v) is 5.36. The molecule has 0 spiro atoms. The van der Waals surface area contributed by atoms with Crippen molar-refractivity contribution in [2.24, 2.45) is 0 Å². The van der Waals surface area contributed by atoms with Gasteiger partial charge in [0.2, 0.25) is 0 Å². The first-order chi connectivity index (χ1) is 15.1. The normalized spacial score (nSPS) is 10.6. The lowest BCUT2D eigenvalue weighted by Gasteiger charge is -2.09. The first-order valence-electron chi connectivity index (χ1n) is 9.27. The number of nitrogens with zero attached hydrogens (tertiary/aromatic N) is 1. The molecule has 3 N–H and O–H groups in total. The zero-order valence-corrected chi connectivity index (χ0v) is 17.7. The van der Waals surface area contributed by atoms with Gasteiger partial charge < -0.3 is 9.73 Å². The van der Waals surface area contributed by atoms with E-state index in [2.05, 4.69) is 21.2 Å². The average molecular weight is 453 g/mol. The summed E-state index contributed by atoms with van der Waals surface area (Å²) in [6.07, 6.45) is 0. The monoisotopic (exact) mass is 452 g/mol. The van der Waals surface area contributed by atoms with Crippen LogP contribution in [0.5, 0.6) is 0 Å². The number of carbonyl (C=O) groups excluding carboxylic acids is 2. The minimum absolute atomic E-state index is 0.415. The van der Waals surface area contributed by atoms with Gasteiger partial charge in [-0.2, -0.15) is 0 Å². The highest BCUT2D eigenvalue weighted by Crippen LogP contribution is 2.26. The van der Waals surface area contributed by atoms with Crippen molar-refractivity contribution in [3.8, 4) is 0 Å². The van der Waals surface area contributed by atoms with Gasteiger partial charge in [0, 0.05) is 22.0 Å². The van der Waals surface area contributed by atoms with Crippen molar-refractivity contribution in [2.45, 2.75) is 11.0 Å². The van der Waals surface area contributed by atoms with Crippen molar-refractivity contribution in [3.05, 3.63) is 88.9 Å². The molecular formula is C22H17ClN4O3S. The molecule has 0 radical (unpaired) electrons. The predicted molar refractivity (Wildman–Crippen MR) is 121 cm³/mol. The lowest BCUT2D eigenvalue weighted by Crippen LogP contribution is -2.43. The Bertz CT molecular complexity index is 1190. The number of nitrogens with one attached hydrogen (secondary N) is 3. The minimum atomic E-state index is -0.582. The van der Waals surface area contributed by atoms with Crippen LogP contribution in [0.15, 0.2) is 82.4 Å². The highest BCUT2D eigenvalue weighted by molar-refractivity contribution is 7.98. The van der Waals surface area contributed by atoms with Crippen LogP contribution in [0.3, 0.4) is 0 Å². The number of hydrogen-bond donors (Lipinski definition) is 3. The van der Waals surface area contributed by atoms with Gasteiger partial charge in [-0.1, -0.05) is 53.7 Å². The predicted octanol–water partition coefficient (Wildman–Crippen LogP) is 5.24. The van der Waals surface area contributed by atoms with E-state index in [4.69, 9.17) is 16.0 Å². The topological polar surface area (TPSA) is 96.3 Å². The van der Waals surface area contributed by atoms with Crippen molar-refractivity contribution in [2.75, 3.05) is 5.32 Å².